The van der Waals surface area contributed by atoms with Crippen LogP contribution in [-0.2, 0) is 10.0 Å². The minimum atomic E-state index is -3.61. The van der Waals surface area contributed by atoms with E-state index in [2.05, 4.69) is 20.0 Å². The van der Waals surface area contributed by atoms with Crippen molar-refractivity contribution in [3.8, 4) is 0 Å². The number of piperazine rings is 1. The highest BCUT2D eigenvalue weighted by Gasteiger charge is 2.22. The molecular formula is C19H25F2IN6O2S. The number of nitrogens with one attached hydrogen (secondary N) is 2. The van der Waals surface area contributed by atoms with Crippen molar-refractivity contribution in [2.75, 3.05) is 51.2 Å². The highest BCUT2D eigenvalue weighted by molar-refractivity contribution is 14.0. The monoisotopic (exact) mass is 566 g/mol. The third-order valence-corrected chi connectivity index (χ3v) is 6.13. The summed E-state index contributed by atoms with van der Waals surface area (Å²) >= 11 is 0. The number of aromatic nitrogens is 1. The van der Waals surface area contributed by atoms with E-state index < -0.39 is 21.7 Å². The summed E-state index contributed by atoms with van der Waals surface area (Å²) in [5, 5.41) is 3.12. The Hall–Kier alpha value is -2.06. The number of pyridine rings is 1. The zero-order valence-corrected chi connectivity index (χ0v) is 20.1. The van der Waals surface area contributed by atoms with Crippen LogP contribution in [0.5, 0.6) is 0 Å². The normalized spacial score (nSPS) is 14.9. The number of hydrogen-bond acceptors (Lipinski definition) is 5. The van der Waals surface area contributed by atoms with E-state index in [0.717, 1.165) is 12.1 Å². The fourth-order valence-electron chi connectivity index (χ4n) is 3.17. The lowest BCUT2D eigenvalue weighted by molar-refractivity contribution is 0.371. The number of hydrogen-bond donors (Lipinski definition) is 2. The first-order chi connectivity index (χ1) is 14.4. The van der Waals surface area contributed by atoms with Crippen LogP contribution >= 0.6 is 24.0 Å². The molecule has 0 saturated carbocycles. The largest absolute Gasteiger partial charge is 0.366 e. The minimum absolute atomic E-state index is 0. The third-order valence-electron chi connectivity index (χ3n) is 4.68. The highest BCUT2D eigenvalue weighted by atomic mass is 127. The van der Waals surface area contributed by atoms with Crippen molar-refractivity contribution in [2.45, 2.75) is 4.90 Å². The van der Waals surface area contributed by atoms with Crippen LogP contribution in [0, 0.1) is 11.6 Å². The average molecular weight is 566 g/mol. The summed E-state index contributed by atoms with van der Waals surface area (Å²) in [6.45, 7) is 2.66. The molecule has 0 amide bonds. The van der Waals surface area contributed by atoms with Gasteiger partial charge in [0.05, 0.1) is 5.69 Å². The summed E-state index contributed by atoms with van der Waals surface area (Å²) in [7, 11) is -1.97. The number of sulfonamides is 1. The molecule has 2 heterocycles. The Morgan fingerprint density at radius 1 is 1.16 bits per heavy atom. The SMILES string of the molecule is CN=C(NCCNS(=O)(=O)c1cccnc1)N1CCN(c2cc(F)ccc2F)CC1.I. The highest BCUT2D eigenvalue weighted by Crippen LogP contribution is 2.21. The van der Waals surface area contributed by atoms with E-state index in [1.807, 2.05) is 4.90 Å². The summed E-state index contributed by atoms with van der Waals surface area (Å²) in [4.78, 5) is 11.9. The van der Waals surface area contributed by atoms with Crippen molar-refractivity contribution < 1.29 is 17.2 Å². The Balaban J connectivity index is 0.00000341. The molecule has 1 saturated heterocycles. The summed E-state index contributed by atoms with van der Waals surface area (Å²) in [5.74, 6) is -0.303. The molecule has 0 spiro atoms. The molecule has 8 nitrogen and oxygen atoms in total. The number of nitrogens with zero attached hydrogens (tertiary/aromatic N) is 4. The summed E-state index contributed by atoms with van der Waals surface area (Å²) in [5.41, 5.74) is 0.252. The predicted molar refractivity (Wildman–Crippen MR) is 126 cm³/mol. The molecule has 0 radical (unpaired) electrons. The van der Waals surface area contributed by atoms with Gasteiger partial charge in [-0.2, -0.15) is 0 Å². The molecule has 12 heteroatoms. The first-order valence-corrected chi connectivity index (χ1v) is 10.9. The van der Waals surface area contributed by atoms with Gasteiger partial charge in [0.2, 0.25) is 10.0 Å². The lowest BCUT2D eigenvalue weighted by Crippen LogP contribution is -2.53. The summed E-state index contributed by atoms with van der Waals surface area (Å²) < 4.78 is 54.3. The summed E-state index contributed by atoms with van der Waals surface area (Å²) in [6, 6.07) is 6.46. The van der Waals surface area contributed by atoms with Crippen LogP contribution in [0.15, 0.2) is 52.6 Å². The van der Waals surface area contributed by atoms with Gasteiger partial charge in [0, 0.05) is 64.8 Å². The van der Waals surface area contributed by atoms with E-state index in [1.165, 1.54) is 24.5 Å². The van der Waals surface area contributed by atoms with Crippen molar-refractivity contribution in [3.05, 3.63) is 54.4 Å². The zero-order chi connectivity index (χ0) is 21.6. The van der Waals surface area contributed by atoms with E-state index >= 15 is 0 Å². The van der Waals surface area contributed by atoms with Gasteiger partial charge in [-0.3, -0.25) is 9.98 Å². The second-order valence-electron chi connectivity index (χ2n) is 6.63. The number of benzene rings is 1. The quantitative estimate of drug-likeness (QED) is 0.240. The van der Waals surface area contributed by atoms with E-state index in [0.29, 0.717) is 38.7 Å². The van der Waals surface area contributed by atoms with Gasteiger partial charge in [-0.05, 0) is 24.3 Å². The molecule has 0 unspecified atom stereocenters. The molecule has 2 N–H and O–H groups in total. The molecule has 170 valence electrons. The Kier molecular flexibility index (Phi) is 9.37. The minimum Gasteiger partial charge on any atom is -0.366 e. The van der Waals surface area contributed by atoms with E-state index in [9.17, 15) is 17.2 Å². The predicted octanol–water partition coefficient (Wildman–Crippen LogP) is 1.65. The molecule has 1 aliphatic rings. The Bertz CT molecular complexity index is 986. The van der Waals surface area contributed by atoms with Crippen LogP contribution in [0.2, 0.25) is 0 Å². The van der Waals surface area contributed by atoms with Crippen molar-refractivity contribution in [1.82, 2.24) is 19.9 Å². The molecule has 0 atom stereocenters. The van der Waals surface area contributed by atoms with Crippen molar-refractivity contribution >= 4 is 45.6 Å². The molecule has 31 heavy (non-hydrogen) atoms. The van der Waals surface area contributed by atoms with Crippen LogP contribution in [0.3, 0.4) is 0 Å². The topological polar surface area (TPSA) is 89.9 Å². The number of halogens is 3. The van der Waals surface area contributed by atoms with Crippen molar-refractivity contribution in [2.24, 2.45) is 4.99 Å². The van der Waals surface area contributed by atoms with Gasteiger partial charge >= 0.3 is 0 Å². The maximum Gasteiger partial charge on any atom is 0.242 e. The van der Waals surface area contributed by atoms with Gasteiger partial charge in [-0.25, -0.2) is 21.9 Å². The van der Waals surface area contributed by atoms with Crippen molar-refractivity contribution in [1.29, 1.82) is 0 Å². The number of rotatable bonds is 6. The first-order valence-electron chi connectivity index (χ1n) is 9.46. The van der Waals surface area contributed by atoms with Crippen LogP contribution in [0.4, 0.5) is 14.5 Å². The first kappa shape index (κ1) is 25.2. The summed E-state index contributed by atoms with van der Waals surface area (Å²) in [6.07, 6.45) is 2.79. The maximum atomic E-state index is 14.0. The third kappa shape index (κ3) is 6.71. The van der Waals surface area contributed by atoms with Gasteiger partial charge in [0.25, 0.3) is 0 Å². The standard InChI is InChI=1S/C19H24F2N6O2S.HI/c1-22-19(24-7-8-25-30(28,29)16-3-2-6-23-14-16)27-11-9-26(10-12-27)18-13-15(20)4-5-17(18)21;/h2-6,13-14,25H,7-12H2,1H3,(H,22,24);1H. The van der Waals surface area contributed by atoms with Crippen LogP contribution in [0.1, 0.15) is 0 Å². The lowest BCUT2D eigenvalue weighted by atomic mass is 10.2. The zero-order valence-electron chi connectivity index (χ0n) is 17.0. The molecule has 3 rings (SSSR count). The molecular weight excluding hydrogens is 541 g/mol. The number of guanidine groups is 1. The van der Waals surface area contributed by atoms with Gasteiger partial charge in [0.1, 0.15) is 16.5 Å². The Morgan fingerprint density at radius 2 is 1.90 bits per heavy atom. The Labute approximate surface area is 197 Å². The Morgan fingerprint density at radius 3 is 2.55 bits per heavy atom. The fraction of sp³-hybridized carbons (Fsp3) is 0.368. The fourth-order valence-corrected chi connectivity index (χ4v) is 4.16. The van der Waals surface area contributed by atoms with E-state index in [1.54, 1.807) is 18.0 Å². The second kappa shape index (κ2) is 11.5. The van der Waals surface area contributed by atoms with E-state index in [-0.39, 0.29) is 41.1 Å². The number of anilines is 1. The molecule has 2 aromatic rings. The molecule has 1 aromatic heterocycles. The van der Waals surface area contributed by atoms with Gasteiger partial charge in [-0.1, -0.05) is 0 Å². The lowest BCUT2D eigenvalue weighted by Gasteiger charge is -2.37. The number of aliphatic imine (C=N–C) groups is 1. The van der Waals surface area contributed by atoms with Gasteiger partial charge in [0.15, 0.2) is 5.96 Å². The molecule has 1 aliphatic heterocycles. The van der Waals surface area contributed by atoms with Gasteiger partial charge in [-0.15, -0.1) is 24.0 Å². The molecule has 0 aliphatic carbocycles. The second-order valence-corrected chi connectivity index (χ2v) is 8.40. The van der Waals surface area contributed by atoms with Crippen molar-refractivity contribution in [3.63, 3.8) is 0 Å². The van der Waals surface area contributed by atoms with E-state index in [4.69, 9.17) is 0 Å². The van der Waals surface area contributed by atoms with Crippen LogP contribution in [-0.4, -0.2) is 70.6 Å². The van der Waals surface area contributed by atoms with Crippen LogP contribution < -0.4 is 14.9 Å². The maximum absolute atomic E-state index is 14.0. The molecule has 1 fully saturated rings. The molecule has 0 bridgehead atoms. The van der Waals surface area contributed by atoms with Gasteiger partial charge < -0.3 is 15.1 Å². The molecule has 1 aromatic carbocycles. The smallest absolute Gasteiger partial charge is 0.242 e. The van der Waals surface area contributed by atoms with Crippen LogP contribution in [0.25, 0.3) is 0 Å². The average Bonchev–Trinajstić information content (AvgIpc) is 2.76.